The van der Waals surface area contributed by atoms with Gasteiger partial charge in [0.2, 0.25) is 5.91 Å². The Morgan fingerprint density at radius 2 is 2.14 bits per heavy atom. The molecule has 3 amide bonds. The number of thiazole rings is 1. The van der Waals surface area contributed by atoms with E-state index in [-0.39, 0.29) is 25.0 Å². The van der Waals surface area contributed by atoms with Gasteiger partial charge in [0, 0.05) is 44.9 Å². The van der Waals surface area contributed by atoms with Crippen LogP contribution in [0.1, 0.15) is 12.6 Å². The van der Waals surface area contributed by atoms with E-state index < -0.39 is 6.10 Å². The van der Waals surface area contributed by atoms with Crippen molar-refractivity contribution in [3.63, 3.8) is 0 Å². The van der Waals surface area contributed by atoms with Gasteiger partial charge in [-0.3, -0.25) is 4.79 Å². The van der Waals surface area contributed by atoms with Gasteiger partial charge in [0.25, 0.3) is 0 Å². The van der Waals surface area contributed by atoms with E-state index in [1.54, 1.807) is 4.90 Å². The van der Waals surface area contributed by atoms with Crippen LogP contribution in [0.2, 0.25) is 0 Å². The molecule has 2 rings (SSSR count). The summed E-state index contributed by atoms with van der Waals surface area (Å²) < 4.78 is 0. The maximum Gasteiger partial charge on any atom is 0.317 e. The molecule has 4 N–H and O–H groups in total. The van der Waals surface area contributed by atoms with Crippen LogP contribution < -0.4 is 11.1 Å². The number of nitrogens with zero attached hydrogens (tertiary/aromatic N) is 3. The highest BCUT2D eigenvalue weighted by Gasteiger charge is 2.25. The smallest absolute Gasteiger partial charge is 0.317 e. The lowest BCUT2D eigenvalue weighted by molar-refractivity contribution is -0.129. The van der Waals surface area contributed by atoms with Crippen LogP contribution in [-0.2, 0) is 11.2 Å². The van der Waals surface area contributed by atoms with Crippen LogP contribution in [0.4, 0.5) is 9.93 Å². The molecular formula is C13H21N5O3S. The minimum Gasteiger partial charge on any atom is -0.389 e. The Bertz CT molecular complexity index is 536. The van der Waals surface area contributed by atoms with E-state index in [9.17, 15) is 14.7 Å². The molecule has 1 saturated heterocycles. The molecule has 8 nitrogen and oxygen atoms in total. The first-order valence-corrected chi connectivity index (χ1v) is 8.00. The predicted octanol–water partition coefficient (Wildman–Crippen LogP) is -0.498. The number of aromatic nitrogens is 1. The van der Waals surface area contributed by atoms with Gasteiger partial charge in [0.15, 0.2) is 5.13 Å². The number of aliphatic hydroxyl groups excluding tert-OH is 1. The Morgan fingerprint density at radius 1 is 1.45 bits per heavy atom. The van der Waals surface area contributed by atoms with Gasteiger partial charge >= 0.3 is 6.03 Å². The van der Waals surface area contributed by atoms with Crippen molar-refractivity contribution in [3.05, 3.63) is 11.1 Å². The van der Waals surface area contributed by atoms with E-state index >= 15 is 0 Å². The Hall–Kier alpha value is -1.87. The molecule has 2 heterocycles. The molecule has 0 aliphatic carbocycles. The number of nitrogen functional groups attached to an aromatic ring is 1. The number of hydrogen-bond acceptors (Lipinski definition) is 6. The Morgan fingerprint density at radius 3 is 2.77 bits per heavy atom. The van der Waals surface area contributed by atoms with Crippen molar-refractivity contribution in [2.45, 2.75) is 19.4 Å². The van der Waals surface area contributed by atoms with Crippen LogP contribution in [0.5, 0.6) is 0 Å². The first-order valence-electron chi connectivity index (χ1n) is 7.12. The first-order chi connectivity index (χ1) is 10.5. The molecule has 0 aromatic carbocycles. The summed E-state index contributed by atoms with van der Waals surface area (Å²) in [4.78, 5) is 30.7. The number of nitrogens with two attached hydrogens (primary N) is 1. The second-order valence-corrected chi connectivity index (χ2v) is 6.11. The number of anilines is 1. The minimum atomic E-state index is -0.726. The molecule has 1 aromatic rings. The fourth-order valence-corrected chi connectivity index (χ4v) is 2.91. The average molecular weight is 327 g/mol. The number of rotatable bonds is 3. The molecule has 9 heteroatoms. The maximum absolute atomic E-state index is 12.1. The quantitative estimate of drug-likeness (QED) is 0.693. The zero-order valence-electron chi connectivity index (χ0n) is 12.5. The summed E-state index contributed by atoms with van der Waals surface area (Å²) in [6, 6.07) is -0.243. The zero-order valence-corrected chi connectivity index (χ0v) is 13.3. The fourth-order valence-electron chi connectivity index (χ4n) is 2.31. The summed E-state index contributed by atoms with van der Waals surface area (Å²) in [5, 5.41) is 15.1. The van der Waals surface area contributed by atoms with Crippen molar-refractivity contribution in [3.8, 4) is 0 Å². The first kappa shape index (κ1) is 16.5. The highest BCUT2D eigenvalue weighted by Crippen LogP contribution is 2.11. The molecule has 1 fully saturated rings. The Labute approximate surface area is 132 Å². The minimum absolute atomic E-state index is 0.0950. The molecule has 1 atom stereocenters. The van der Waals surface area contributed by atoms with Gasteiger partial charge in [0.1, 0.15) is 0 Å². The number of aliphatic hydroxyl groups is 1. The fraction of sp³-hybridized carbons (Fsp3) is 0.615. The maximum atomic E-state index is 12.1. The lowest BCUT2D eigenvalue weighted by Crippen LogP contribution is -2.44. The molecule has 1 aliphatic heterocycles. The molecule has 1 aliphatic rings. The predicted molar refractivity (Wildman–Crippen MR) is 83.5 cm³/mol. The summed E-state index contributed by atoms with van der Waals surface area (Å²) in [5.74, 6) is -0.0950. The number of nitrogens with one attached hydrogen (secondary N) is 1. The van der Waals surface area contributed by atoms with Crippen molar-refractivity contribution < 1.29 is 14.7 Å². The Balaban J connectivity index is 1.80. The van der Waals surface area contributed by atoms with Crippen LogP contribution in [0.15, 0.2) is 5.38 Å². The summed E-state index contributed by atoms with van der Waals surface area (Å²) in [5.41, 5.74) is 6.40. The van der Waals surface area contributed by atoms with E-state index in [2.05, 4.69) is 10.3 Å². The van der Waals surface area contributed by atoms with E-state index in [1.165, 1.54) is 23.2 Å². The monoisotopic (exact) mass is 327 g/mol. The van der Waals surface area contributed by atoms with Gasteiger partial charge in [-0.1, -0.05) is 0 Å². The normalized spacial score (nSPS) is 18.9. The summed E-state index contributed by atoms with van der Waals surface area (Å²) in [6.07, 6.45) is -0.120. The van der Waals surface area contributed by atoms with Gasteiger partial charge in [-0.2, -0.15) is 0 Å². The topological polar surface area (TPSA) is 112 Å². The van der Waals surface area contributed by atoms with Crippen LogP contribution in [0, 0.1) is 0 Å². The largest absolute Gasteiger partial charge is 0.389 e. The van der Waals surface area contributed by atoms with Gasteiger partial charge in [-0.15, -0.1) is 11.3 Å². The van der Waals surface area contributed by atoms with Crippen molar-refractivity contribution >= 4 is 28.4 Å². The third-order valence-corrected chi connectivity index (χ3v) is 4.18. The number of hydrogen-bond donors (Lipinski definition) is 3. The second kappa shape index (κ2) is 7.41. The Kier molecular flexibility index (Phi) is 5.56. The number of urea groups is 1. The second-order valence-electron chi connectivity index (χ2n) is 5.22. The van der Waals surface area contributed by atoms with E-state index in [0.717, 1.165) is 5.69 Å². The summed E-state index contributed by atoms with van der Waals surface area (Å²) >= 11 is 1.37. The zero-order chi connectivity index (χ0) is 16.1. The van der Waals surface area contributed by atoms with E-state index in [1.807, 2.05) is 5.38 Å². The van der Waals surface area contributed by atoms with Crippen molar-refractivity contribution in [2.24, 2.45) is 0 Å². The van der Waals surface area contributed by atoms with E-state index in [4.69, 9.17) is 5.73 Å². The molecule has 1 aromatic heterocycles. The highest BCUT2D eigenvalue weighted by atomic mass is 32.1. The van der Waals surface area contributed by atoms with Gasteiger partial charge in [-0.25, -0.2) is 9.78 Å². The standard InChI is InChI=1S/C13H21N5O3S/c1-9(19)17-4-5-18(7-11(20)6-17)13(21)15-3-2-10-8-22-12(14)16-10/h8,11,20H,2-7H2,1H3,(H2,14,16)(H,15,21)/t11-/m0/s1. The number of carbonyl (C=O) groups is 2. The SMILES string of the molecule is CC(=O)N1CCN(C(=O)NCCc2csc(N)n2)C[C@@H](O)C1. The summed E-state index contributed by atoms with van der Waals surface area (Å²) in [6.45, 7) is 3.23. The van der Waals surface area contributed by atoms with Gasteiger partial charge in [-0.05, 0) is 0 Å². The van der Waals surface area contributed by atoms with Crippen molar-refractivity contribution in [2.75, 3.05) is 38.5 Å². The molecule has 122 valence electrons. The van der Waals surface area contributed by atoms with Crippen molar-refractivity contribution in [1.29, 1.82) is 0 Å². The molecule has 22 heavy (non-hydrogen) atoms. The molecule has 0 saturated carbocycles. The average Bonchev–Trinajstić information content (AvgIpc) is 2.75. The summed E-state index contributed by atoms with van der Waals surface area (Å²) in [7, 11) is 0. The lowest BCUT2D eigenvalue weighted by Gasteiger charge is -2.21. The molecule has 0 unspecified atom stereocenters. The third-order valence-electron chi connectivity index (χ3n) is 3.46. The third kappa shape index (κ3) is 4.57. The number of β-amino-alcohol motifs (C(OH)–C–C–N with tert-alkyl or cyclic N) is 1. The molecule has 0 radical (unpaired) electrons. The highest BCUT2D eigenvalue weighted by molar-refractivity contribution is 7.13. The van der Waals surface area contributed by atoms with Gasteiger partial charge < -0.3 is 26.0 Å². The van der Waals surface area contributed by atoms with Crippen LogP contribution >= 0.6 is 11.3 Å². The molecular weight excluding hydrogens is 306 g/mol. The molecule has 0 bridgehead atoms. The van der Waals surface area contributed by atoms with Crippen molar-refractivity contribution in [1.82, 2.24) is 20.1 Å². The molecule has 0 spiro atoms. The number of amides is 3. The van der Waals surface area contributed by atoms with Crippen LogP contribution in [0.25, 0.3) is 0 Å². The van der Waals surface area contributed by atoms with Gasteiger partial charge in [0.05, 0.1) is 18.3 Å². The van der Waals surface area contributed by atoms with E-state index in [0.29, 0.717) is 31.2 Å². The van der Waals surface area contributed by atoms with Crippen LogP contribution in [-0.4, -0.2) is 70.7 Å². The van der Waals surface area contributed by atoms with Crippen LogP contribution in [0.3, 0.4) is 0 Å². The lowest BCUT2D eigenvalue weighted by atomic mass is 10.3. The number of carbonyl (C=O) groups excluding carboxylic acids is 2.